The number of ether oxygens (including phenoxy) is 1. The lowest BCUT2D eigenvalue weighted by Crippen LogP contribution is -2.47. The summed E-state index contributed by atoms with van der Waals surface area (Å²) in [6, 6.07) is 16.9. The summed E-state index contributed by atoms with van der Waals surface area (Å²) in [6.07, 6.45) is 6.88. The number of rotatable bonds is 12. The molecule has 1 aliphatic carbocycles. The zero-order chi connectivity index (χ0) is 29.0. The van der Waals surface area contributed by atoms with Crippen LogP contribution in [0.4, 0.5) is 15.9 Å². The Kier molecular flexibility index (Phi) is 10.8. The summed E-state index contributed by atoms with van der Waals surface area (Å²) in [6.45, 7) is 2.21. The molecule has 216 valence electrons. The quantitative estimate of drug-likeness (QED) is 0.285. The molecule has 9 heteroatoms. The fourth-order valence-corrected chi connectivity index (χ4v) is 5.10. The summed E-state index contributed by atoms with van der Waals surface area (Å²) in [5.41, 5.74) is 0.915. The molecular formula is C32H37FN4O4. The molecule has 2 aromatic carbocycles. The maximum Gasteiger partial charge on any atom is 0.248 e. The number of hydrogen-bond acceptors (Lipinski definition) is 5. The third-order valence-corrected chi connectivity index (χ3v) is 7.06. The molecule has 0 radical (unpaired) electrons. The topological polar surface area (TPSA) is 101 Å². The molecule has 8 nitrogen and oxygen atoms in total. The lowest BCUT2D eigenvalue weighted by atomic mass is 9.94. The monoisotopic (exact) mass is 560 g/mol. The van der Waals surface area contributed by atoms with Gasteiger partial charge in [-0.15, -0.1) is 0 Å². The van der Waals surface area contributed by atoms with Gasteiger partial charge in [0.05, 0.1) is 12.3 Å². The minimum Gasteiger partial charge on any atom is -0.492 e. The number of amides is 3. The van der Waals surface area contributed by atoms with Crippen LogP contribution in [0.15, 0.2) is 72.9 Å². The molecule has 41 heavy (non-hydrogen) atoms. The number of halogens is 1. The highest BCUT2D eigenvalue weighted by atomic mass is 19.1. The predicted molar refractivity (Wildman–Crippen MR) is 156 cm³/mol. The molecule has 1 saturated carbocycles. The molecule has 1 fully saturated rings. The van der Waals surface area contributed by atoms with Gasteiger partial charge in [-0.2, -0.15) is 0 Å². The van der Waals surface area contributed by atoms with Crippen molar-refractivity contribution in [3.8, 4) is 5.75 Å². The summed E-state index contributed by atoms with van der Waals surface area (Å²) in [7, 11) is 0. The molecule has 1 aromatic heterocycles. The highest BCUT2D eigenvalue weighted by Gasteiger charge is 2.35. The van der Waals surface area contributed by atoms with Crippen molar-refractivity contribution in [1.29, 1.82) is 0 Å². The van der Waals surface area contributed by atoms with Gasteiger partial charge in [-0.05, 0) is 68.1 Å². The summed E-state index contributed by atoms with van der Waals surface area (Å²) in [4.78, 5) is 46.0. The number of carbonyl (C=O) groups excluding carboxylic acids is 3. The fraction of sp³-hybridized carbons (Fsp3) is 0.375. The van der Waals surface area contributed by atoms with Gasteiger partial charge in [-0.3, -0.25) is 19.3 Å². The second kappa shape index (κ2) is 14.9. The van der Waals surface area contributed by atoms with Gasteiger partial charge in [-0.25, -0.2) is 9.37 Å². The second-order valence-corrected chi connectivity index (χ2v) is 10.1. The van der Waals surface area contributed by atoms with Gasteiger partial charge in [0.15, 0.2) is 0 Å². The van der Waals surface area contributed by atoms with Crippen molar-refractivity contribution >= 4 is 29.2 Å². The van der Waals surface area contributed by atoms with E-state index in [1.54, 1.807) is 48.7 Å². The number of nitrogens with one attached hydrogen (secondary N) is 2. The number of anilines is 2. The number of nitrogens with zero attached hydrogens (tertiary/aromatic N) is 2. The molecule has 4 rings (SSSR count). The van der Waals surface area contributed by atoms with Crippen LogP contribution in [-0.2, 0) is 14.4 Å². The van der Waals surface area contributed by atoms with E-state index in [4.69, 9.17) is 4.74 Å². The van der Waals surface area contributed by atoms with Crippen molar-refractivity contribution in [3.05, 3.63) is 84.3 Å². The van der Waals surface area contributed by atoms with E-state index in [1.807, 2.05) is 6.92 Å². The fourth-order valence-electron chi connectivity index (χ4n) is 5.10. The van der Waals surface area contributed by atoms with Gasteiger partial charge in [0.2, 0.25) is 17.7 Å². The summed E-state index contributed by atoms with van der Waals surface area (Å²) in [5.74, 6) is -0.498. The van der Waals surface area contributed by atoms with E-state index in [-0.39, 0.29) is 43.0 Å². The first kappa shape index (κ1) is 29.7. The summed E-state index contributed by atoms with van der Waals surface area (Å²) < 4.78 is 19.8. The first-order valence-electron chi connectivity index (χ1n) is 14.3. The standard InChI is InChI=1S/C32H37FN4O4/c1-2-41-27-14-7-6-13-26(27)37(30(39)17-10-16-29(38)36-28-15-8-9-22-34-28)31(23-18-20-24(33)21-19-23)32(40)35-25-11-4-3-5-12-25/h6-9,13-15,18-22,25,31H,2-5,10-12,16-17H2,1H3,(H,35,40)(H,34,36,38)/t31-/m0/s1. The van der Waals surface area contributed by atoms with E-state index in [0.29, 0.717) is 29.4 Å². The van der Waals surface area contributed by atoms with Crippen LogP contribution in [0.3, 0.4) is 0 Å². The minimum atomic E-state index is -1.06. The molecule has 1 atom stereocenters. The summed E-state index contributed by atoms with van der Waals surface area (Å²) >= 11 is 0. The molecule has 1 heterocycles. The van der Waals surface area contributed by atoms with Crippen molar-refractivity contribution in [1.82, 2.24) is 10.3 Å². The minimum absolute atomic E-state index is 0.00447. The Bertz CT molecular complexity index is 1300. The van der Waals surface area contributed by atoms with Crippen LogP contribution in [0, 0.1) is 5.82 Å². The van der Waals surface area contributed by atoms with Crippen LogP contribution in [0.25, 0.3) is 0 Å². The third-order valence-electron chi connectivity index (χ3n) is 7.06. The summed E-state index contributed by atoms with van der Waals surface area (Å²) in [5, 5.41) is 5.88. The van der Waals surface area contributed by atoms with Gasteiger partial charge in [0, 0.05) is 25.1 Å². The van der Waals surface area contributed by atoms with Crippen LogP contribution < -0.4 is 20.3 Å². The van der Waals surface area contributed by atoms with Crippen LogP contribution in [-0.4, -0.2) is 35.4 Å². The average molecular weight is 561 g/mol. The van der Waals surface area contributed by atoms with Crippen molar-refractivity contribution < 1.29 is 23.5 Å². The molecule has 0 bridgehead atoms. The van der Waals surface area contributed by atoms with Gasteiger partial charge >= 0.3 is 0 Å². The molecule has 0 aliphatic heterocycles. The van der Waals surface area contributed by atoms with Crippen molar-refractivity contribution in [2.75, 3.05) is 16.8 Å². The first-order valence-corrected chi connectivity index (χ1v) is 14.3. The van der Waals surface area contributed by atoms with E-state index < -0.39 is 11.9 Å². The Morgan fingerprint density at radius 3 is 2.41 bits per heavy atom. The van der Waals surface area contributed by atoms with Crippen LogP contribution in [0.2, 0.25) is 0 Å². The van der Waals surface area contributed by atoms with Gasteiger partial charge in [0.25, 0.3) is 0 Å². The largest absolute Gasteiger partial charge is 0.492 e. The Morgan fingerprint density at radius 2 is 1.71 bits per heavy atom. The molecule has 0 spiro atoms. The molecule has 2 N–H and O–H groups in total. The lowest BCUT2D eigenvalue weighted by Gasteiger charge is -2.34. The van der Waals surface area contributed by atoms with E-state index in [2.05, 4.69) is 15.6 Å². The maximum atomic E-state index is 14.0. The smallest absolute Gasteiger partial charge is 0.248 e. The van der Waals surface area contributed by atoms with Gasteiger partial charge in [-0.1, -0.05) is 49.6 Å². The molecular weight excluding hydrogens is 523 g/mol. The number of aromatic nitrogens is 1. The van der Waals surface area contributed by atoms with Crippen molar-refractivity contribution in [2.24, 2.45) is 0 Å². The SMILES string of the molecule is CCOc1ccccc1N(C(=O)CCCC(=O)Nc1ccccn1)[C@H](C(=O)NC1CCCCC1)c1ccc(F)cc1. The van der Waals surface area contributed by atoms with Gasteiger partial charge in [0.1, 0.15) is 23.4 Å². The average Bonchev–Trinajstić information content (AvgIpc) is 2.98. The Labute approximate surface area is 240 Å². The maximum absolute atomic E-state index is 14.0. The van der Waals surface area contributed by atoms with E-state index >= 15 is 0 Å². The lowest BCUT2D eigenvalue weighted by molar-refractivity contribution is -0.127. The normalized spacial score (nSPS) is 14.1. The van der Waals surface area contributed by atoms with E-state index in [9.17, 15) is 18.8 Å². The Balaban J connectivity index is 1.62. The number of benzene rings is 2. The van der Waals surface area contributed by atoms with Crippen LogP contribution >= 0.6 is 0 Å². The van der Waals surface area contributed by atoms with Crippen LogP contribution in [0.5, 0.6) is 5.75 Å². The zero-order valence-corrected chi connectivity index (χ0v) is 23.4. The Morgan fingerprint density at radius 1 is 0.976 bits per heavy atom. The highest BCUT2D eigenvalue weighted by Crippen LogP contribution is 2.36. The van der Waals surface area contributed by atoms with E-state index in [0.717, 1.165) is 32.1 Å². The Hall–Kier alpha value is -4.27. The molecule has 1 aliphatic rings. The molecule has 0 saturated heterocycles. The van der Waals surface area contributed by atoms with Crippen LogP contribution in [0.1, 0.15) is 69.9 Å². The molecule has 3 amide bonds. The zero-order valence-electron chi connectivity index (χ0n) is 23.4. The molecule has 3 aromatic rings. The number of hydrogen-bond donors (Lipinski definition) is 2. The number of carbonyl (C=O) groups is 3. The van der Waals surface area contributed by atoms with Crippen molar-refractivity contribution in [2.45, 2.75) is 70.4 Å². The first-order chi connectivity index (χ1) is 20.0. The highest BCUT2D eigenvalue weighted by molar-refractivity contribution is 6.02. The second-order valence-electron chi connectivity index (χ2n) is 10.1. The van der Waals surface area contributed by atoms with Crippen molar-refractivity contribution in [3.63, 3.8) is 0 Å². The third kappa shape index (κ3) is 8.36. The predicted octanol–water partition coefficient (Wildman–Crippen LogP) is 5.95. The number of pyridine rings is 1. The van der Waals surface area contributed by atoms with Gasteiger partial charge < -0.3 is 15.4 Å². The van der Waals surface area contributed by atoms with E-state index in [1.165, 1.54) is 29.2 Å². The molecule has 0 unspecified atom stereocenters. The number of para-hydroxylation sites is 2.